The Morgan fingerprint density at radius 3 is 2.33 bits per heavy atom. The number of rotatable bonds is 8. The number of nitrogens with zero attached hydrogens (tertiary/aromatic N) is 3. The van der Waals surface area contributed by atoms with Gasteiger partial charge in [-0.15, -0.1) is 24.0 Å². The van der Waals surface area contributed by atoms with E-state index in [2.05, 4.69) is 58.4 Å². The second-order valence-corrected chi connectivity index (χ2v) is 8.50. The molecule has 0 saturated carbocycles. The van der Waals surface area contributed by atoms with Crippen LogP contribution < -0.4 is 5.32 Å². The molecule has 0 bridgehead atoms. The van der Waals surface area contributed by atoms with Crippen LogP contribution in [0.3, 0.4) is 0 Å². The lowest BCUT2D eigenvalue weighted by atomic mass is 10.1. The summed E-state index contributed by atoms with van der Waals surface area (Å²) in [4.78, 5) is 9.92. The van der Waals surface area contributed by atoms with E-state index >= 15 is 0 Å². The summed E-state index contributed by atoms with van der Waals surface area (Å²) in [7, 11) is 0. The van der Waals surface area contributed by atoms with Crippen molar-refractivity contribution in [1.29, 1.82) is 0 Å². The quantitative estimate of drug-likeness (QED) is 0.300. The number of hydrogen-bond acceptors (Lipinski definition) is 4. The van der Waals surface area contributed by atoms with Crippen LogP contribution in [0.1, 0.15) is 30.0 Å². The first-order valence-corrected chi connectivity index (χ1v) is 11.9. The summed E-state index contributed by atoms with van der Waals surface area (Å²) >= 11 is 0. The highest BCUT2D eigenvalue weighted by molar-refractivity contribution is 14.0. The van der Waals surface area contributed by atoms with Gasteiger partial charge in [0.05, 0.1) is 33.0 Å². The lowest BCUT2D eigenvalue weighted by Crippen LogP contribution is -2.46. The van der Waals surface area contributed by atoms with Crippen LogP contribution in [-0.2, 0) is 29.2 Å². The molecule has 180 valence electrons. The standard InChI is InChI=1S/C26H36N4O2.HI/c1-2-27-26(30-13-12-25(19-30)29-14-16-31-17-15-29)28-18-22-8-10-24(11-9-22)21-32-20-23-6-4-3-5-7-23;/h3-11,25H,2,12-21H2,1H3,(H,27,28);1H. The number of aliphatic imine (C=N–C) groups is 1. The minimum atomic E-state index is 0. The number of halogens is 1. The molecule has 4 rings (SSSR count). The van der Waals surface area contributed by atoms with Crippen molar-refractivity contribution in [2.45, 2.75) is 39.1 Å². The SMILES string of the molecule is CCNC(=NCc1ccc(COCc2ccccc2)cc1)N1CCC(N2CCOCC2)C1.I. The van der Waals surface area contributed by atoms with Crippen LogP contribution in [-0.4, -0.2) is 67.7 Å². The Kier molecular flexibility index (Phi) is 10.9. The Morgan fingerprint density at radius 2 is 1.64 bits per heavy atom. The number of guanidine groups is 1. The van der Waals surface area contributed by atoms with Crippen LogP contribution in [0.4, 0.5) is 0 Å². The number of benzene rings is 2. The summed E-state index contributed by atoms with van der Waals surface area (Å²) in [5.74, 6) is 1.03. The lowest BCUT2D eigenvalue weighted by Gasteiger charge is -2.32. The first-order chi connectivity index (χ1) is 15.8. The van der Waals surface area contributed by atoms with Gasteiger partial charge in [0.2, 0.25) is 0 Å². The molecule has 33 heavy (non-hydrogen) atoms. The Bertz CT molecular complexity index is 841. The van der Waals surface area contributed by atoms with Crippen LogP contribution in [0, 0.1) is 0 Å². The molecule has 2 aromatic rings. The number of ether oxygens (including phenoxy) is 2. The second-order valence-electron chi connectivity index (χ2n) is 8.50. The molecule has 1 atom stereocenters. The summed E-state index contributed by atoms with van der Waals surface area (Å²) in [6, 6.07) is 19.5. The van der Waals surface area contributed by atoms with Gasteiger partial charge in [-0.1, -0.05) is 54.6 Å². The highest BCUT2D eigenvalue weighted by atomic mass is 127. The maximum atomic E-state index is 5.85. The zero-order valence-corrected chi connectivity index (χ0v) is 21.9. The van der Waals surface area contributed by atoms with Crippen molar-refractivity contribution >= 4 is 29.9 Å². The van der Waals surface area contributed by atoms with Crippen molar-refractivity contribution in [3.63, 3.8) is 0 Å². The van der Waals surface area contributed by atoms with E-state index in [-0.39, 0.29) is 24.0 Å². The van der Waals surface area contributed by atoms with Crippen molar-refractivity contribution in [2.75, 3.05) is 45.9 Å². The highest BCUT2D eigenvalue weighted by Gasteiger charge is 2.30. The van der Waals surface area contributed by atoms with Gasteiger partial charge in [0.15, 0.2) is 5.96 Å². The van der Waals surface area contributed by atoms with Crippen LogP contribution >= 0.6 is 24.0 Å². The highest BCUT2D eigenvalue weighted by Crippen LogP contribution is 2.17. The summed E-state index contributed by atoms with van der Waals surface area (Å²) in [5.41, 5.74) is 3.61. The topological polar surface area (TPSA) is 49.3 Å². The van der Waals surface area contributed by atoms with Crippen molar-refractivity contribution in [2.24, 2.45) is 4.99 Å². The van der Waals surface area contributed by atoms with E-state index in [0.29, 0.717) is 25.8 Å². The molecule has 2 saturated heterocycles. The fourth-order valence-electron chi connectivity index (χ4n) is 4.37. The normalized spacial score (nSPS) is 19.4. The van der Waals surface area contributed by atoms with Crippen LogP contribution in [0.5, 0.6) is 0 Å². The van der Waals surface area contributed by atoms with E-state index in [9.17, 15) is 0 Å². The second kappa shape index (κ2) is 13.9. The number of morpholine rings is 1. The van der Waals surface area contributed by atoms with E-state index in [0.717, 1.165) is 51.9 Å². The molecule has 2 aromatic carbocycles. The molecule has 1 unspecified atom stereocenters. The average molecular weight is 565 g/mol. The van der Waals surface area contributed by atoms with Crippen molar-refractivity contribution in [1.82, 2.24) is 15.1 Å². The molecule has 0 spiro atoms. The van der Waals surface area contributed by atoms with Crippen LogP contribution in [0.25, 0.3) is 0 Å². The van der Waals surface area contributed by atoms with Gasteiger partial charge >= 0.3 is 0 Å². The van der Waals surface area contributed by atoms with E-state index < -0.39 is 0 Å². The van der Waals surface area contributed by atoms with E-state index in [4.69, 9.17) is 14.5 Å². The molecule has 7 heteroatoms. The minimum absolute atomic E-state index is 0. The third kappa shape index (κ3) is 7.95. The van der Waals surface area contributed by atoms with Gasteiger partial charge in [-0.2, -0.15) is 0 Å². The van der Waals surface area contributed by atoms with Crippen molar-refractivity contribution in [3.8, 4) is 0 Å². The van der Waals surface area contributed by atoms with E-state index in [1.807, 2.05) is 18.2 Å². The van der Waals surface area contributed by atoms with Gasteiger partial charge in [0, 0.05) is 38.8 Å². The summed E-state index contributed by atoms with van der Waals surface area (Å²) < 4.78 is 11.4. The van der Waals surface area contributed by atoms with Gasteiger partial charge < -0.3 is 19.7 Å². The zero-order chi connectivity index (χ0) is 22.0. The molecular weight excluding hydrogens is 527 g/mol. The molecule has 2 fully saturated rings. The lowest BCUT2D eigenvalue weighted by molar-refractivity contribution is 0.0195. The molecule has 0 radical (unpaired) electrons. The molecule has 2 heterocycles. The number of likely N-dealkylation sites (tertiary alicyclic amines) is 1. The Balaban J connectivity index is 0.00000306. The molecule has 2 aliphatic rings. The summed E-state index contributed by atoms with van der Waals surface area (Å²) in [6.07, 6.45) is 1.20. The molecule has 0 aromatic heterocycles. The number of hydrogen-bond donors (Lipinski definition) is 1. The van der Waals surface area contributed by atoms with Gasteiger partial charge in [0.25, 0.3) is 0 Å². The molecule has 0 amide bonds. The maximum absolute atomic E-state index is 5.85. The van der Waals surface area contributed by atoms with Crippen molar-refractivity contribution < 1.29 is 9.47 Å². The summed E-state index contributed by atoms with van der Waals surface area (Å²) in [6.45, 7) is 10.9. The van der Waals surface area contributed by atoms with Gasteiger partial charge in [0.1, 0.15) is 0 Å². The van der Waals surface area contributed by atoms with Crippen molar-refractivity contribution in [3.05, 3.63) is 71.3 Å². The van der Waals surface area contributed by atoms with E-state index in [1.54, 1.807) is 0 Å². The zero-order valence-electron chi connectivity index (χ0n) is 19.6. The fraction of sp³-hybridized carbons (Fsp3) is 0.500. The maximum Gasteiger partial charge on any atom is 0.194 e. The van der Waals surface area contributed by atoms with Gasteiger partial charge in [-0.25, -0.2) is 4.99 Å². The largest absolute Gasteiger partial charge is 0.379 e. The third-order valence-electron chi connectivity index (χ3n) is 6.17. The minimum Gasteiger partial charge on any atom is -0.379 e. The molecule has 2 aliphatic heterocycles. The van der Waals surface area contributed by atoms with Gasteiger partial charge in [-0.05, 0) is 30.0 Å². The summed E-state index contributed by atoms with van der Waals surface area (Å²) in [5, 5.41) is 3.49. The van der Waals surface area contributed by atoms with Crippen LogP contribution in [0.15, 0.2) is 59.6 Å². The predicted octanol–water partition coefficient (Wildman–Crippen LogP) is 3.89. The molecule has 6 nitrogen and oxygen atoms in total. The average Bonchev–Trinajstić information content (AvgIpc) is 3.34. The third-order valence-corrected chi connectivity index (χ3v) is 6.17. The first-order valence-electron chi connectivity index (χ1n) is 11.9. The fourth-order valence-corrected chi connectivity index (χ4v) is 4.37. The Morgan fingerprint density at radius 1 is 0.970 bits per heavy atom. The molecule has 1 N–H and O–H groups in total. The van der Waals surface area contributed by atoms with Gasteiger partial charge in [-0.3, -0.25) is 4.90 Å². The smallest absolute Gasteiger partial charge is 0.194 e. The predicted molar refractivity (Wildman–Crippen MR) is 144 cm³/mol. The Labute approximate surface area is 215 Å². The molecular formula is C26H37IN4O2. The monoisotopic (exact) mass is 564 g/mol. The van der Waals surface area contributed by atoms with Crippen LogP contribution in [0.2, 0.25) is 0 Å². The number of nitrogens with one attached hydrogen (secondary N) is 1. The molecule has 0 aliphatic carbocycles. The van der Waals surface area contributed by atoms with E-state index in [1.165, 1.54) is 23.1 Å². The Hall–Kier alpha value is -1.68. The first kappa shape index (κ1) is 25.9.